The lowest BCUT2D eigenvalue weighted by Crippen LogP contribution is -2.48. The summed E-state index contributed by atoms with van der Waals surface area (Å²) in [7, 11) is 0. The van der Waals surface area contributed by atoms with Gasteiger partial charge in [0.1, 0.15) is 0 Å². The van der Waals surface area contributed by atoms with E-state index in [1.165, 1.54) is 44.9 Å². The van der Waals surface area contributed by atoms with Gasteiger partial charge in [0.05, 0.1) is 5.92 Å². The predicted octanol–water partition coefficient (Wildman–Crippen LogP) is 3.23. The topological polar surface area (TPSA) is 59.2 Å². The van der Waals surface area contributed by atoms with E-state index in [9.17, 15) is 4.79 Å². The Morgan fingerprint density at radius 2 is 1.86 bits per heavy atom. The van der Waals surface area contributed by atoms with Crippen LogP contribution in [0.3, 0.4) is 0 Å². The van der Waals surface area contributed by atoms with E-state index in [4.69, 9.17) is 4.52 Å². The molecule has 0 aromatic carbocycles. The molecule has 1 aromatic heterocycles. The number of rotatable bonds is 5. The Balaban J connectivity index is 1.21. The molecule has 1 saturated heterocycles. The number of likely N-dealkylation sites (tertiary alicyclic amines) is 1. The lowest BCUT2D eigenvalue weighted by Gasteiger charge is -2.37. The smallest absolute Gasteiger partial charge is 0.233 e. The molecule has 0 spiro atoms. The average molecular weight is 303 g/mol. The molecule has 0 radical (unpaired) electrons. The van der Waals surface area contributed by atoms with Crippen LogP contribution in [0.5, 0.6) is 0 Å². The molecule has 3 fully saturated rings. The monoisotopic (exact) mass is 303 g/mol. The van der Waals surface area contributed by atoms with Crippen molar-refractivity contribution in [2.45, 2.75) is 69.6 Å². The molecule has 120 valence electrons. The highest BCUT2D eigenvalue weighted by molar-refractivity contribution is 5.77. The third kappa shape index (κ3) is 3.03. The molecule has 5 heteroatoms. The summed E-state index contributed by atoms with van der Waals surface area (Å²) >= 11 is 0. The summed E-state index contributed by atoms with van der Waals surface area (Å²) in [5, 5.41) is 4.06. The number of hydrogen-bond acceptors (Lipinski definition) is 4. The van der Waals surface area contributed by atoms with E-state index >= 15 is 0 Å². The summed E-state index contributed by atoms with van der Waals surface area (Å²) in [6.07, 6.45) is 10.9. The molecule has 2 saturated carbocycles. The van der Waals surface area contributed by atoms with E-state index in [2.05, 4.69) is 10.1 Å². The van der Waals surface area contributed by atoms with E-state index < -0.39 is 0 Å². The number of nitrogens with zero attached hydrogens (tertiary/aromatic N) is 3. The molecular formula is C17H25N3O2. The Hall–Kier alpha value is -1.39. The molecule has 1 amide bonds. The summed E-state index contributed by atoms with van der Waals surface area (Å²) in [4.78, 5) is 18.7. The third-order valence-corrected chi connectivity index (χ3v) is 5.47. The maximum atomic E-state index is 12.2. The Morgan fingerprint density at radius 1 is 1.09 bits per heavy atom. The maximum absolute atomic E-state index is 12.2. The van der Waals surface area contributed by atoms with Gasteiger partial charge in [-0.15, -0.1) is 0 Å². The van der Waals surface area contributed by atoms with Crippen molar-refractivity contribution in [2.24, 2.45) is 5.92 Å². The van der Waals surface area contributed by atoms with Crippen LogP contribution in [0.2, 0.25) is 0 Å². The molecule has 5 nitrogen and oxygen atoms in total. The molecule has 1 aromatic rings. The molecule has 3 aliphatic rings. The zero-order valence-corrected chi connectivity index (χ0v) is 13.2. The summed E-state index contributed by atoms with van der Waals surface area (Å²) in [6.45, 7) is 1.52. The van der Waals surface area contributed by atoms with Crippen molar-refractivity contribution >= 4 is 5.91 Å². The predicted molar refractivity (Wildman–Crippen MR) is 81.4 cm³/mol. The van der Waals surface area contributed by atoms with Crippen LogP contribution in [-0.2, 0) is 4.79 Å². The summed E-state index contributed by atoms with van der Waals surface area (Å²) in [6, 6.07) is 0. The van der Waals surface area contributed by atoms with Gasteiger partial charge in [-0.05, 0) is 25.2 Å². The van der Waals surface area contributed by atoms with E-state index in [1.54, 1.807) is 0 Å². The van der Waals surface area contributed by atoms with E-state index in [-0.39, 0.29) is 5.92 Å². The fraction of sp³-hybridized carbons (Fsp3) is 0.824. The van der Waals surface area contributed by atoms with Gasteiger partial charge in [-0.3, -0.25) is 4.79 Å². The lowest BCUT2D eigenvalue weighted by molar-refractivity contribution is -0.136. The number of aromatic nitrogens is 2. The molecule has 22 heavy (non-hydrogen) atoms. The van der Waals surface area contributed by atoms with Crippen molar-refractivity contribution in [1.82, 2.24) is 15.0 Å². The number of carbonyl (C=O) groups is 1. The zero-order chi connectivity index (χ0) is 14.9. The second-order valence-corrected chi connectivity index (χ2v) is 7.30. The standard InChI is InChI=1S/C17H25N3O2/c21-15(9-6-12-4-2-1-3-5-12)20-10-14(11-20)17-18-16(19-22-17)13-7-8-13/h12-14H,1-11H2. The summed E-state index contributed by atoms with van der Waals surface area (Å²) in [5.74, 6) is 3.50. The molecule has 1 aliphatic heterocycles. The summed E-state index contributed by atoms with van der Waals surface area (Å²) in [5.41, 5.74) is 0. The van der Waals surface area contributed by atoms with Crippen LogP contribution in [-0.4, -0.2) is 34.0 Å². The van der Waals surface area contributed by atoms with Gasteiger partial charge in [0, 0.05) is 25.4 Å². The van der Waals surface area contributed by atoms with Gasteiger partial charge in [0.15, 0.2) is 5.82 Å². The van der Waals surface area contributed by atoms with Gasteiger partial charge in [-0.1, -0.05) is 37.3 Å². The third-order valence-electron chi connectivity index (χ3n) is 5.47. The van der Waals surface area contributed by atoms with Crippen LogP contribution >= 0.6 is 0 Å². The quantitative estimate of drug-likeness (QED) is 0.838. The van der Waals surface area contributed by atoms with Gasteiger partial charge in [0.2, 0.25) is 11.8 Å². The second-order valence-electron chi connectivity index (χ2n) is 7.30. The fourth-order valence-electron chi connectivity index (χ4n) is 3.72. The molecular weight excluding hydrogens is 278 g/mol. The first-order valence-electron chi connectivity index (χ1n) is 8.91. The van der Waals surface area contributed by atoms with Crippen molar-refractivity contribution in [2.75, 3.05) is 13.1 Å². The Labute approximate surface area is 131 Å². The molecule has 4 rings (SSSR count). The average Bonchev–Trinajstić information content (AvgIpc) is 3.24. The number of carbonyl (C=O) groups excluding carboxylic acids is 1. The fourth-order valence-corrected chi connectivity index (χ4v) is 3.72. The minimum absolute atomic E-state index is 0.263. The number of amides is 1. The van der Waals surface area contributed by atoms with Crippen molar-refractivity contribution in [3.8, 4) is 0 Å². The highest BCUT2D eigenvalue weighted by Crippen LogP contribution is 2.39. The van der Waals surface area contributed by atoms with Crippen LogP contribution in [0.25, 0.3) is 0 Å². The number of hydrogen-bond donors (Lipinski definition) is 0. The van der Waals surface area contributed by atoms with Gasteiger partial charge < -0.3 is 9.42 Å². The normalized spacial score (nSPS) is 23.5. The van der Waals surface area contributed by atoms with Crippen LogP contribution in [0.4, 0.5) is 0 Å². The minimum atomic E-state index is 0.263. The molecule has 0 atom stereocenters. The van der Waals surface area contributed by atoms with Gasteiger partial charge in [0.25, 0.3) is 0 Å². The van der Waals surface area contributed by atoms with Gasteiger partial charge in [-0.25, -0.2) is 0 Å². The molecule has 2 heterocycles. The van der Waals surface area contributed by atoms with Crippen LogP contribution in [0.15, 0.2) is 4.52 Å². The van der Waals surface area contributed by atoms with Crippen LogP contribution in [0.1, 0.15) is 81.3 Å². The van der Waals surface area contributed by atoms with Crippen molar-refractivity contribution in [1.29, 1.82) is 0 Å². The van der Waals surface area contributed by atoms with Crippen molar-refractivity contribution in [3.63, 3.8) is 0 Å². The van der Waals surface area contributed by atoms with Crippen LogP contribution < -0.4 is 0 Å². The second kappa shape index (κ2) is 6.01. The van der Waals surface area contributed by atoms with E-state index in [0.717, 1.165) is 37.1 Å². The Kier molecular flexibility index (Phi) is 3.89. The first kappa shape index (κ1) is 14.2. The lowest BCUT2D eigenvalue weighted by atomic mass is 9.86. The van der Waals surface area contributed by atoms with E-state index in [1.807, 2.05) is 4.90 Å². The molecule has 0 bridgehead atoms. The zero-order valence-electron chi connectivity index (χ0n) is 13.2. The van der Waals surface area contributed by atoms with Gasteiger partial charge >= 0.3 is 0 Å². The molecule has 0 unspecified atom stereocenters. The largest absolute Gasteiger partial charge is 0.341 e. The highest BCUT2D eigenvalue weighted by Gasteiger charge is 2.37. The Morgan fingerprint density at radius 3 is 2.59 bits per heavy atom. The van der Waals surface area contributed by atoms with Crippen molar-refractivity contribution < 1.29 is 9.32 Å². The van der Waals surface area contributed by atoms with Gasteiger partial charge in [-0.2, -0.15) is 4.98 Å². The first-order valence-corrected chi connectivity index (χ1v) is 8.91. The van der Waals surface area contributed by atoms with Crippen LogP contribution in [0, 0.1) is 5.92 Å². The molecule has 2 aliphatic carbocycles. The van der Waals surface area contributed by atoms with Crippen molar-refractivity contribution in [3.05, 3.63) is 11.7 Å². The first-order chi connectivity index (χ1) is 10.8. The Bertz CT molecular complexity index is 526. The maximum Gasteiger partial charge on any atom is 0.233 e. The van der Waals surface area contributed by atoms with E-state index in [0.29, 0.717) is 18.2 Å². The molecule has 0 N–H and O–H groups in total. The summed E-state index contributed by atoms with van der Waals surface area (Å²) < 4.78 is 5.35. The SMILES string of the molecule is O=C(CCC1CCCCC1)N1CC(c2nc(C3CC3)no2)C1. The minimum Gasteiger partial charge on any atom is -0.341 e. The highest BCUT2D eigenvalue weighted by atomic mass is 16.5.